The lowest BCUT2D eigenvalue weighted by Gasteiger charge is -2.00. The van der Waals surface area contributed by atoms with Crippen molar-refractivity contribution in [2.45, 2.75) is 0 Å². The molecule has 0 spiro atoms. The fraction of sp³-hybridized carbons (Fsp3) is 0.143. The van der Waals surface area contributed by atoms with Crippen molar-refractivity contribution in [3.8, 4) is 5.75 Å². The van der Waals surface area contributed by atoms with Crippen LogP contribution in [0.1, 0.15) is 10.5 Å². The van der Waals surface area contributed by atoms with Crippen LogP contribution in [0.25, 0.3) is 0 Å². The van der Waals surface area contributed by atoms with Crippen LogP contribution in [0.4, 0.5) is 0 Å². The molecule has 11 heavy (non-hydrogen) atoms. The van der Waals surface area contributed by atoms with Gasteiger partial charge in [0.25, 0.3) is 5.91 Å². The minimum absolute atomic E-state index is 0.106. The van der Waals surface area contributed by atoms with E-state index in [9.17, 15) is 4.79 Å². The van der Waals surface area contributed by atoms with Gasteiger partial charge in [-0.1, -0.05) is 0 Å². The van der Waals surface area contributed by atoms with Gasteiger partial charge in [-0.2, -0.15) is 0 Å². The normalized spacial score (nSPS) is 9.18. The average molecular weight is 151 g/mol. The van der Waals surface area contributed by atoms with Crippen molar-refractivity contribution in [2.24, 2.45) is 5.73 Å². The maximum absolute atomic E-state index is 10.6. The largest absolute Gasteiger partial charge is 0.494 e. The quantitative estimate of drug-likeness (QED) is 0.646. The summed E-state index contributed by atoms with van der Waals surface area (Å²) in [6.07, 6.45) is 1.43. The van der Waals surface area contributed by atoms with Crippen molar-refractivity contribution >= 4 is 5.91 Å². The third kappa shape index (κ3) is 1.46. The van der Waals surface area contributed by atoms with Gasteiger partial charge in [-0.3, -0.25) is 4.79 Å². The van der Waals surface area contributed by atoms with E-state index in [1.165, 1.54) is 13.3 Å². The van der Waals surface area contributed by atoms with Crippen molar-refractivity contribution in [3.63, 3.8) is 0 Å². The summed E-state index contributed by atoms with van der Waals surface area (Å²) in [6.45, 7) is 0. The van der Waals surface area contributed by atoms with Gasteiger partial charge in [0.2, 0.25) is 0 Å². The smallest absolute Gasteiger partial charge is 0.271 e. The molecule has 0 unspecified atom stereocenters. The highest BCUT2D eigenvalue weighted by atomic mass is 16.5. The Morgan fingerprint density at radius 3 is 3.00 bits per heavy atom. The first-order valence-electron chi connectivity index (χ1n) is 2.96. The Hall–Kier alpha value is -1.58. The summed E-state index contributed by atoms with van der Waals surface area (Å²) >= 11 is 0. The number of nitrogens with zero attached hydrogens (tertiary/aromatic N) is 1. The van der Waals surface area contributed by atoms with E-state index in [0.29, 0.717) is 0 Å². The first-order chi connectivity index (χ1) is 5.25. The van der Waals surface area contributed by atoms with E-state index in [0.717, 1.165) is 0 Å². The van der Waals surface area contributed by atoms with E-state index >= 15 is 0 Å². The van der Waals surface area contributed by atoms with Gasteiger partial charge in [-0.15, -0.1) is 0 Å². The number of ether oxygens (including phenoxy) is 1. The molecule has 0 aliphatic heterocycles. The van der Waals surface area contributed by atoms with Gasteiger partial charge in [-0.05, 0) is 6.07 Å². The molecule has 0 atom stereocenters. The molecule has 0 bridgehead atoms. The Balaban J connectivity index is 3.12. The fourth-order valence-electron chi connectivity index (χ4n) is 0.683. The molecule has 4 nitrogen and oxygen atoms in total. The molecule has 1 aromatic rings. The monoisotopic (exact) mass is 151 g/mol. The maximum Gasteiger partial charge on any atom is 0.271 e. The van der Waals surface area contributed by atoms with E-state index in [1.807, 2.05) is 0 Å². The first kappa shape index (κ1) is 7.53. The number of pyridine rings is 1. The molecule has 0 saturated heterocycles. The molecule has 1 amide bonds. The van der Waals surface area contributed by atoms with Gasteiger partial charge in [0.1, 0.15) is 0 Å². The number of hydrogen-bond donors (Lipinski definition) is 1. The Bertz CT molecular complexity index is 273. The summed E-state index contributed by atoms with van der Waals surface area (Å²) in [4.78, 5) is 14.4. The van der Waals surface area contributed by atoms with Gasteiger partial charge in [-0.25, -0.2) is 4.98 Å². The molecule has 0 aromatic carbocycles. The number of carbonyl (C=O) groups excluding carboxylic acids is 1. The molecule has 1 heterocycles. The number of nitrogens with two attached hydrogens (primary N) is 1. The van der Waals surface area contributed by atoms with E-state index in [4.69, 9.17) is 10.5 Å². The summed E-state index contributed by atoms with van der Waals surface area (Å²) in [5, 5.41) is 0. The van der Waals surface area contributed by atoms with Crippen LogP contribution in [0.3, 0.4) is 0 Å². The van der Waals surface area contributed by atoms with Gasteiger partial charge < -0.3 is 10.5 Å². The molecule has 0 aliphatic carbocycles. The Kier molecular flexibility index (Phi) is 2.06. The van der Waals surface area contributed by atoms with E-state index in [2.05, 4.69) is 11.1 Å². The van der Waals surface area contributed by atoms with Crippen molar-refractivity contribution < 1.29 is 9.53 Å². The zero-order valence-electron chi connectivity index (χ0n) is 6.00. The molecule has 1 rings (SSSR count). The van der Waals surface area contributed by atoms with Crippen LogP contribution in [-0.2, 0) is 0 Å². The topological polar surface area (TPSA) is 65.2 Å². The molecule has 0 aliphatic rings. The highest BCUT2D eigenvalue weighted by Crippen LogP contribution is 2.11. The van der Waals surface area contributed by atoms with Gasteiger partial charge in [0.05, 0.1) is 7.11 Å². The second-order valence-electron chi connectivity index (χ2n) is 1.84. The van der Waals surface area contributed by atoms with Crippen molar-refractivity contribution in [3.05, 3.63) is 24.0 Å². The van der Waals surface area contributed by atoms with Crippen molar-refractivity contribution in [1.29, 1.82) is 0 Å². The Morgan fingerprint density at radius 1 is 1.82 bits per heavy atom. The number of primary amides is 1. The van der Waals surface area contributed by atoms with Crippen molar-refractivity contribution in [1.82, 2.24) is 4.98 Å². The second-order valence-corrected chi connectivity index (χ2v) is 1.84. The van der Waals surface area contributed by atoms with Gasteiger partial charge >= 0.3 is 0 Å². The summed E-state index contributed by atoms with van der Waals surface area (Å²) in [6, 6.07) is 4.23. The highest BCUT2D eigenvalue weighted by molar-refractivity contribution is 5.93. The molecular formula is C7H7N2O2. The lowest BCUT2D eigenvalue weighted by Crippen LogP contribution is -2.14. The number of aromatic nitrogens is 1. The molecule has 2 N–H and O–H groups in total. The second kappa shape index (κ2) is 3.01. The molecule has 1 radical (unpaired) electrons. The first-order valence-corrected chi connectivity index (χ1v) is 2.96. The third-order valence-corrected chi connectivity index (χ3v) is 1.15. The van der Waals surface area contributed by atoms with E-state index in [1.54, 1.807) is 6.07 Å². The average Bonchev–Trinajstić information content (AvgIpc) is 2.04. The van der Waals surface area contributed by atoms with Crippen LogP contribution in [0, 0.1) is 6.07 Å². The van der Waals surface area contributed by atoms with Crippen LogP contribution in [0.2, 0.25) is 0 Å². The Morgan fingerprint density at radius 2 is 2.55 bits per heavy atom. The Labute approximate surface area is 64.0 Å². The lowest BCUT2D eigenvalue weighted by molar-refractivity contribution is 0.0992. The highest BCUT2D eigenvalue weighted by Gasteiger charge is 2.08. The minimum atomic E-state index is -0.612. The molecule has 0 fully saturated rings. The maximum atomic E-state index is 10.6. The number of hydrogen-bond acceptors (Lipinski definition) is 3. The number of carbonyl (C=O) groups is 1. The molecule has 4 heteroatoms. The van der Waals surface area contributed by atoms with Crippen LogP contribution < -0.4 is 10.5 Å². The zero-order valence-corrected chi connectivity index (χ0v) is 6.00. The fourth-order valence-corrected chi connectivity index (χ4v) is 0.683. The van der Waals surface area contributed by atoms with E-state index < -0.39 is 5.91 Å². The number of methoxy groups -OCH3 is 1. The zero-order chi connectivity index (χ0) is 8.27. The summed E-state index contributed by atoms with van der Waals surface area (Å²) < 4.78 is 4.79. The summed E-state index contributed by atoms with van der Waals surface area (Å²) in [5.74, 6) is -0.335. The van der Waals surface area contributed by atoms with Crippen molar-refractivity contribution in [2.75, 3.05) is 7.11 Å². The lowest BCUT2D eigenvalue weighted by atomic mass is 10.3. The standard InChI is InChI=1S/C7H7N2O2/c1-11-5-3-2-4-9-6(5)7(8)10/h2,4H,1H3,(H2,8,10). The molecule has 1 aromatic heterocycles. The molecular weight excluding hydrogens is 144 g/mol. The summed E-state index contributed by atoms with van der Waals surface area (Å²) in [5.41, 5.74) is 5.10. The van der Waals surface area contributed by atoms with Gasteiger partial charge in [0.15, 0.2) is 11.4 Å². The van der Waals surface area contributed by atoms with E-state index in [-0.39, 0.29) is 11.4 Å². The molecule has 0 saturated carbocycles. The number of amides is 1. The predicted octanol–water partition coefficient (Wildman–Crippen LogP) is -0.0107. The molecule has 57 valence electrons. The minimum Gasteiger partial charge on any atom is -0.494 e. The van der Waals surface area contributed by atoms with Gasteiger partial charge in [0, 0.05) is 12.3 Å². The van der Waals surface area contributed by atoms with Crippen LogP contribution in [0.15, 0.2) is 12.3 Å². The van der Waals surface area contributed by atoms with Crippen LogP contribution in [0.5, 0.6) is 5.75 Å². The predicted molar refractivity (Wildman–Crippen MR) is 38.1 cm³/mol. The number of rotatable bonds is 2. The van der Waals surface area contributed by atoms with Crippen LogP contribution >= 0.6 is 0 Å². The SMILES string of the molecule is COc1[c]ccnc1C(N)=O. The summed E-state index contributed by atoms with van der Waals surface area (Å²) in [7, 11) is 1.43. The third-order valence-electron chi connectivity index (χ3n) is 1.15. The van der Waals surface area contributed by atoms with Crippen LogP contribution in [-0.4, -0.2) is 18.0 Å².